The quantitative estimate of drug-likeness (QED) is 0.872. The van der Waals surface area contributed by atoms with Gasteiger partial charge in [0.1, 0.15) is 11.9 Å². The molecule has 6 heteroatoms. The molecule has 0 saturated carbocycles. The molecule has 3 N–H and O–H groups in total. The summed E-state index contributed by atoms with van der Waals surface area (Å²) in [5.74, 6) is -0.959. The Hall–Kier alpha value is -1.59. The number of carbonyl (C=O) groups is 1. The molecule has 20 heavy (non-hydrogen) atoms. The highest BCUT2D eigenvalue weighted by molar-refractivity contribution is 9.10. The molecule has 104 valence electrons. The van der Waals surface area contributed by atoms with Gasteiger partial charge in [0.25, 0.3) is 0 Å². The van der Waals surface area contributed by atoms with E-state index in [0.717, 1.165) is 0 Å². The zero-order valence-electron chi connectivity index (χ0n) is 10.2. The second-order valence-electron chi connectivity index (χ2n) is 4.16. The summed E-state index contributed by atoms with van der Waals surface area (Å²) < 4.78 is 13.8. The number of nitrogens with one attached hydrogen (secondary N) is 1. The number of rotatable bonds is 4. The Balaban J connectivity index is 2.32. The molecule has 0 spiro atoms. The molecule has 1 amide bonds. The lowest BCUT2D eigenvalue weighted by molar-refractivity contribution is -0.118. The molecule has 2 aromatic rings. The number of benzene rings is 2. The van der Waals surface area contributed by atoms with E-state index in [9.17, 15) is 9.18 Å². The first-order valence-corrected chi connectivity index (χ1v) is 6.91. The molecule has 0 heterocycles. The molecule has 0 aliphatic rings. The fourth-order valence-corrected chi connectivity index (χ4v) is 2.27. The van der Waals surface area contributed by atoms with Gasteiger partial charge in [-0.25, -0.2) is 4.39 Å². The van der Waals surface area contributed by atoms with Gasteiger partial charge < -0.3 is 11.1 Å². The van der Waals surface area contributed by atoms with E-state index in [1.807, 2.05) is 0 Å². The summed E-state index contributed by atoms with van der Waals surface area (Å²) in [6, 6.07) is 10.1. The summed E-state index contributed by atoms with van der Waals surface area (Å²) in [6.07, 6.45) is 0. The number of nitrogens with two attached hydrogens (primary N) is 1. The van der Waals surface area contributed by atoms with Crippen LogP contribution in [0.25, 0.3) is 0 Å². The van der Waals surface area contributed by atoms with Crippen LogP contribution in [-0.2, 0) is 4.79 Å². The van der Waals surface area contributed by atoms with E-state index < -0.39 is 17.8 Å². The maximum atomic E-state index is 13.2. The number of primary amides is 1. The van der Waals surface area contributed by atoms with Gasteiger partial charge >= 0.3 is 0 Å². The van der Waals surface area contributed by atoms with Crippen LogP contribution < -0.4 is 11.1 Å². The Bertz CT molecular complexity index is 651. The molecule has 2 aromatic carbocycles. The van der Waals surface area contributed by atoms with Crippen LogP contribution >= 0.6 is 27.5 Å². The van der Waals surface area contributed by atoms with E-state index in [2.05, 4.69) is 21.2 Å². The summed E-state index contributed by atoms with van der Waals surface area (Å²) in [5, 5.41) is 3.43. The molecular formula is C14H11BrClFN2O. The van der Waals surface area contributed by atoms with Crippen LogP contribution in [0, 0.1) is 5.82 Å². The van der Waals surface area contributed by atoms with Crippen molar-refractivity contribution in [2.45, 2.75) is 6.04 Å². The van der Waals surface area contributed by atoms with Crippen LogP contribution in [0.1, 0.15) is 11.6 Å². The number of amides is 1. The number of halogens is 3. The molecule has 0 fully saturated rings. The van der Waals surface area contributed by atoms with Gasteiger partial charge in [-0.05, 0) is 51.8 Å². The van der Waals surface area contributed by atoms with E-state index in [1.165, 1.54) is 12.1 Å². The van der Waals surface area contributed by atoms with E-state index in [-0.39, 0.29) is 0 Å². The van der Waals surface area contributed by atoms with Gasteiger partial charge in [0.15, 0.2) is 0 Å². The Labute approximate surface area is 129 Å². The van der Waals surface area contributed by atoms with Crippen molar-refractivity contribution in [3.05, 3.63) is 63.3 Å². The summed E-state index contributed by atoms with van der Waals surface area (Å²) in [4.78, 5) is 11.6. The maximum absolute atomic E-state index is 13.2. The van der Waals surface area contributed by atoms with Crippen molar-refractivity contribution in [2.24, 2.45) is 5.73 Å². The van der Waals surface area contributed by atoms with Crippen molar-refractivity contribution in [3.8, 4) is 0 Å². The predicted molar refractivity (Wildman–Crippen MR) is 81.1 cm³/mol. The predicted octanol–water partition coefficient (Wildman–Crippen LogP) is 3.88. The summed E-state index contributed by atoms with van der Waals surface area (Å²) in [5.41, 5.74) is 6.51. The van der Waals surface area contributed by atoms with Crippen LogP contribution in [0.4, 0.5) is 10.1 Å². The fraction of sp³-hybridized carbons (Fsp3) is 0.0714. The number of carbonyl (C=O) groups excluding carboxylic acids is 1. The van der Waals surface area contributed by atoms with E-state index in [0.29, 0.717) is 20.7 Å². The van der Waals surface area contributed by atoms with Gasteiger partial charge in [-0.3, -0.25) is 4.79 Å². The van der Waals surface area contributed by atoms with Crippen LogP contribution in [0.15, 0.2) is 46.9 Å². The Morgan fingerprint density at radius 1 is 1.30 bits per heavy atom. The van der Waals surface area contributed by atoms with Crippen molar-refractivity contribution in [1.82, 2.24) is 0 Å². The molecule has 0 aliphatic carbocycles. The van der Waals surface area contributed by atoms with Crippen LogP contribution in [-0.4, -0.2) is 5.91 Å². The second kappa shape index (κ2) is 6.24. The van der Waals surface area contributed by atoms with Crippen LogP contribution in [0.3, 0.4) is 0 Å². The van der Waals surface area contributed by atoms with Gasteiger partial charge in [0.2, 0.25) is 5.91 Å². The lowest BCUT2D eigenvalue weighted by atomic mass is 10.1. The van der Waals surface area contributed by atoms with Gasteiger partial charge in [0.05, 0.1) is 5.02 Å². The minimum atomic E-state index is -0.773. The molecule has 0 saturated heterocycles. The zero-order chi connectivity index (χ0) is 14.7. The largest absolute Gasteiger partial charge is 0.370 e. The zero-order valence-corrected chi connectivity index (χ0v) is 12.6. The number of anilines is 1. The molecule has 1 unspecified atom stereocenters. The SMILES string of the molecule is NC(=O)C(Nc1cccc(F)c1)c1ccc(Cl)c(Br)c1. The molecule has 0 aromatic heterocycles. The number of hydrogen-bond acceptors (Lipinski definition) is 2. The highest BCUT2D eigenvalue weighted by atomic mass is 79.9. The average molecular weight is 358 g/mol. The molecule has 0 bridgehead atoms. The minimum absolute atomic E-state index is 0.393. The monoisotopic (exact) mass is 356 g/mol. The molecule has 0 radical (unpaired) electrons. The first-order chi connectivity index (χ1) is 9.47. The lowest BCUT2D eigenvalue weighted by Gasteiger charge is -2.17. The maximum Gasteiger partial charge on any atom is 0.244 e. The van der Waals surface area contributed by atoms with E-state index in [1.54, 1.807) is 30.3 Å². The smallest absolute Gasteiger partial charge is 0.244 e. The van der Waals surface area contributed by atoms with Crippen molar-refractivity contribution >= 4 is 39.1 Å². The van der Waals surface area contributed by atoms with Crippen LogP contribution in [0.2, 0.25) is 5.02 Å². The van der Waals surface area contributed by atoms with Gasteiger partial charge in [-0.2, -0.15) is 0 Å². The molecule has 3 nitrogen and oxygen atoms in total. The molecule has 0 aliphatic heterocycles. The minimum Gasteiger partial charge on any atom is -0.370 e. The van der Waals surface area contributed by atoms with Crippen molar-refractivity contribution in [1.29, 1.82) is 0 Å². The fourth-order valence-electron chi connectivity index (χ4n) is 1.76. The summed E-state index contributed by atoms with van der Waals surface area (Å²) in [6.45, 7) is 0. The van der Waals surface area contributed by atoms with Crippen molar-refractivity contribution in [2.75, 3.05) is 5.32 Å². The second-order valence-corrected chi connectivity index (χ2v) is 5.43. The van der Waals surface area contributed by atoms with Gasteiger partial charge in [-0.1, -0.05) is 23.7 Å². The highest BCUT2D eigenvalue weighted by Crippen LogP contribution is 2.28. The standard InChI is InChI=1S/C14H11BrClFN2O/c15-11-6-8(4-5-12(11)16)13(14(18)20)19-10-3-1-2-9(17)7-10/h1-7,13,19H,(H2,18,20). The van der Waals surface area contributed by atoms with E-state index in [4.69, 9.17) is 17.3 Å². The Kier molecular flexibility index (Phi) is 4.62. The average Bonchev–Trinajstić information content (AvgIpc) is 2.39. The molecule has 1 atom stereocenters. The number of hydrogen-bond donors (Lipinski definition) is 2. The van der Waals surface area contributed by atoms with Crippen LogP contribution in [0.5, 0.6) is 0 Å². The first-order valence-electron chi connectivity index (χ1n) is 5.74. The Morgan fingerprint density at radius 2 is 2.05 bits per heavy atom. The normalized spacial score (nSPS) is 11.9. The van der Waals surface area contributed by atoms with Crippen molar-refractivity contribution < 1.29 is 9.18 Å². The molecule has 2 rings (SSSR count). The third-order valence-corrected chi connectivity index (χ3v) is 3.91. The topological polar surface area (TPSA) is 55.1 Å². The lowest BCUT2D eigenvalue weighted by Crippen LogP contribution is -2.27. The first kappa shape index (κ1) is 14.8. The molecular weight excluding hydrogens is 347 g/mol. The van der Waals surface area contributed by atoms with Crippen molar-refractivity contribution in [3.63, 3.8) is 0 Å². The summed E-state index contributed by atoms with van der Waals surface area (Å²) in [7, 11) is 0. The Morgan fingerprint density at radius 3 is 2.65 bits per heavy atom. The highest BCUT2D eigenvalue weighted by Gasteiger charge is 2.18. The third kappa shape index (κ3) is 3.49. The van der Waals surface area contributed by atoms with Gasteiger partial charge in [0, 0.05) is 10.2 Å². The third-order valence-electron chi connectivity index (χ3n) is 2.70. The summed E-state index contributed by atoms with van der Waals surface area (Å²) >= 11 is 9.20. The van der Waals surface area contributed by atoms with Gasteiger partial charge in [-0.15, -0.1) is 0 Å². The van der Waals surface area contributed by atoms with E-state index >= 15 is 0 Å².